The SMILES string of the molecule is COCc1cccc(OC[C@@H]2CCc3cc([C@H](CN)CCCCO)ccc3C2)c1. The molecule has 0 spiro atoms. The van der Waals surface area contributed by atoms with Crippen LogP contribution >= 0.6 is 0 Å². The fraction of sp³-hybridized carbons (Fsp3) is 0.520. The van der Waals surface area contributed by atoms with Crippen molar-refractivity contribution in [3.8, 4) is 5.75 Å². The largest absolute Gasteiger partial charge is 0.493 e. The fourth-order valence-corrected chi connectivity index (χ4v) is 4.28. The average molecular weight is 398 g/mol. The number of ether oxygens (including phenoxy) is 2. The zero-order valence-electron chi connectivity index (χ0n) is 17.6. The van der Waals surface area contributed by atoms with Crippen LogP contribution in [0.1, 0.15) is 53.9 Å². The highest BCUT2D eigenvalue weighted by Crippen LogP contribution is 2.30. The average Bonchev–Trinajstić information content (AvgIpc) is 2.75. The van der Waals surface area contributed by atoms with E-state index in [0.29, 0.717) is 25.0 Å². The molecule has 29 heavy (non-hydrogen) atoms. The topological polar surface area (TPSA) is 64.7 Å². The van der Waals surface area contributed by atoms with Gasteiger partial charge in [-0.1, -0.05) is 36.8 Å². The van der Waals surface area contributed by atoms with Gasteiger partial charge in [-0.25, -0.2) is 0 Å². The van der Waals surface area contributed by atoms with E-state index in [4.69, 9.17) is 20.3 Å². The van der Waals surface area contributed by atoms with Gasteiger partial charge in [0.15, 0.2) is 0 Å². The van der Waals surface area contributed by atoms with Crippen molar-refractivity contribution in [1.82, 2.24) is 0 Å². The van der Waals surface area contributed by atoms with E-state index in [1.54, 1.807) is 7.11 Å². The van der Waals surface area contributed by atoms with Crippen LogP contribution in [0.5, 0.6) is 5.75 Å². The molecule has 158 valence electrons. The number of unbranched alkanes of at least 4 members (excludes halogenated alkanes) is 1. The minimum atomic E-state index is 0.265. The van der Waals surface area contributed by atoms with Gasteiger partial charge in [0.1, 0.15) is 5.75 Å². The van der Waals surface area contributed by atoms with E-state index in [1.807, 2.05) is 12.1 Å². The zero-order valence-corrected chi connectivity index (χ0v) is 17.6. The van der Waals surface area contributed by atoms with Crippen LogP contribution in [0.15, 0.2) is 42.5 Å². The molecule has 0 heterocycles. The van der Waals surface area contributed by atoms with Gasteiger partial charge in [0.25, 0.3) is 0 Å². The molecule has 0 fully saturated rings. The summed E-state index contributed by atoms with van der Waals surface area (Å²) in [7, 11) is 1.71. The van der Waals surface area contributed by atoms with Gasteiger partial charge in [0, 0.05) is 13.7 Å². The Hall–Kier alpha value is -1.88. The molecule has 3 rings (SSSR count). The number of hydrogen-bond acceptors (Lipinski definition) is 4. The maximum absolute atomic E-state index is 9.01. The minimum absolute atomic E-state index is 0.265. The van der Waals surface area contributed by atoms with Gasteiger partial charge >= 0.3 is 0 Å². The van der Waals surface area contributed by atoms with Crippen molar-refractivity contribution in [3.63, 3.8) is 0 Å². The summed E-state index contributed by atoms with van der Waals surface area (Å²) in [6.07, 6.45) is 6.28. The first-order valence-electron chi connectivity index (χ1n) is 10.9. The summed E-state index contributed by atoms with van der Waals surface area (Å²) in [5.41, 5.74) is 11.4. The fourth-order valence-electron chi connectivity index (χ4n) is 4.28. The van der Waals surface area contributed by atoms with E-state index in [9.17, 15) is 0 Å². The molecule has 4 heteroatoms. The Morgan fingerprint density at radius 3 is 2.83 bits per heavy atom. The Labute approximate surface area is 175 Å². The summed E-state index contributed by atoms with van der Waals surface area (Å²) in [6.45, 7) is 2.30. The number of rotatable bonds is 11. The number of aliphatic hydroxyl groups is 1. The second-order valence-corrected chi connectivity index (χ2v) is 8.18. The third-order valence-electron chi connectivity index (χ3n) is 5.97. The van der Waals surface area contributed by atoms with Crippen molar-refractivity contribution >= 4 is 0 Å². The number of nitrogens with two attached hydrogens (primary N) is 1. The lowest BCUT2D eigenvalue weighted by Crippen LogP contribution is -2.21. The summed E-state index contributed by atoms with van der Waals surface area (Å²) in [4.78, 5) is 0. The van der Waals surface area contributed by atoms with Gasteiger partial charge in [-0.3, -0.25) is 0 Å². The van der Waals surface area contributed by atoms with Crippen LogP contribution in [0.4, 0.5) is 0 Å². The van der Waals surface area contributed by atoms with Crippen molar-refractivity contribution in [1.29, 1.82) is 0 Å². The van der Waals surface area contributed by atoms with Crippen molar-refractivity contribution in [2.45, 2.75) is 51.0 Å². The number of aryl methyl sites for hydroxylation is 1. The molecule has 1 aliphatic carbocycles. The molecule has 0 aromatic heterocycles. The molecule has 0 radical (unpaired) electrons. The highest BCUT2D eigenvalue weighted by atomic mass is 16.5. The number of hydrogen-bond donors (Lipinski definition) is 2. The summed E-state index contributed by atoms with van der Waals surface area (Å²) in [5.74, 6) is 1.87. The molecule has 4 nitrogen and oxygen atoms in total. The Morgan fingerprint density at radius 1 is 1.14 bits per heavy atom. The van der Waals surface area contributed by atoms with Crippen LogP contribution in [-0.4, -0.2) is 32.0 Å². The van der Waals surface area contributed by atoms with Crippen molar-refractivity contribution in [2.75, 3.05) is 26.9 Å². The second-order valence-electron chi connectivity index (χ2n) is 8.18. The Bertz CT molecular complexity index is 761. The predicted octanol–water partition coefficient (Wildman–Crippen LogP) is 4.22. The number of benzene rings is 2. The molecule has 2 aromatic carbocycles. The second kappa shape index (κ2) is 11.3. The maximum atomic E-state index is 9.01. The molecule has 0 saturated carbocycles. The molecule has 0 unspecified atom stereocenters. The lowest BCUT2D eigenvalue weighted by molar-refractivity contribution is 0.184. The summed E-state index contributed by atoms with van der Waals surface area (Å²) in [5, 5.41) is 9.01. The van der Waals surface area contributed by atoms with Crippen molar-refractivity contribution in [3.05, 3.63) is 64.7 Å². The van der Waals surface area contributed by atoms with Gasteiger partial charge in [0.05, 0.1) is 13.2 Å². The summed E-state index contributed by atoms with van der Waals surface area (Å²) < 4.78 is 11.3. The third-order valence-corrected chi connectivity index (χ3v) is 5.97. The van der Waals surface area contributed by atoms with Gasteiger partial charge in [-0.15, -0.1) is 0 Å². The monoisotopic (exact) mass is 397 g/mol. The molecule has 2 atom stereocenters. The van der Waals surface area contributed by atoms with Crippen LogP contribution in [0.2, 0.25) is 0 Å². The normalized spacial score (nSPS) is 17.0. The van der Waals surface area contributed by atoms with E-state index in [1.165, 1.54) is 16.7 Å². The van der Waals surface area contributed by atoms with Gasteiger partial charge < -0.3 is 20.3 Å². The molecule has 3 N–H and O–H groups in total. The van der Waals surface area contributed by atoms with Gasteiger partial charge in [-0.05, 0) is 84.9 Å². The van der Waals surface area contributed by atoms with E-state index < -0.39 is 0 Å². The van der Waals surface area contributed by atoms with Crippen LogP contribution in [0.25, 0.3) is 0 Å². The van der Waals surface area contributed by atoms with E-state index in [-0.39, 0.29) is 6.61 Å². The van der Waals surface area contributed by atoms with Crippen LogP contribution in [0, 0.1) is 5.92 Å². The molecule has 2 aromatic rings. The van der Waals surface area contributed by atoms with Crippen LogP contribution in [-0.2, 0) is 24.2 Å². The number of fused-ring (bicyclic) bond motifs is 1. The van der Waals surface area contributed by atoms with Crippen molar-refractivity contribution < 1.29 is 14.6 Å². The quantitative estimate of drug-likeness (QED) is 0.557. The number of methoxy groups -OCH3 is 1. The highest BCUT2D eigenvalue weighted by molar-refractivity contribution is 5.36. The van der Waals surface area contributed by atoms with Crippen LogP contribution < -0.4 is 10.5 Å². The summed E-state index contributed by atoms with van der Waals surface area (Å²) >= 11 is 0. The first kappa shape index (κ1) is 21.8. The lowest BCUT2D eigenvalue weighted by atomic mass is 9.81. The standard InChI is InChI=1S/C25H35NO3/c1-28-17-19-5-4-7-25(14-19)29-18-20-8-9-22-15-23(11-10-21(22)13-20)24(16-26)6-2-3-12-27/h4-5,7,10-11,14-15,20,24,27H,2-3,6,8-9,12-13,16-18,26H2,1H3/t20-,24+/m1/s1. The molecule has 0 aliphatic heterocycles. The van der Waals surface area contributed by atoms with E-state index in [2.05, 4.69) is 30.3 Å². The van der Waals surface area contributed by atoms with Gasteiger partial charge in [0.2, 0.25) is 0 Å². The van der Waals surface area contributed by atoms with Crippen molar-refractivity contribution in [2.24, 2.45) is 11.7 Å². The highest BCUT2D eigenvalue weighted by Gasteiger charge is 2.21. The smallest absolute Gasteiger partial charge is 0.119 e. The summed E-state index contributed by atoms with van der Waals surface area (Å²) in [6, 6.07) is 15.1. The molecule has 0 saturated heterocycles. The van der Waals surface area contributed by atoms with Crippen LogP contribution in [0.3, 0.4) is 0 Å². The molecule has 0 amide bonds. The molecular formula is C25H35NO3. The Kier molecular flexibility index (Phi) is 8.53. The maximum Gasteiger partial charge on any atom is 0.119 e. The zero-order chi connectivity index (χ0) is 20.5. The van der Waals surface area contributed by atoms with Gasteiger partial charge in [-0.2, -0.15) is 0 Å². The molecular weight excluding hydrogens is 362 g/mol. The Morgan fingerprint density at radius 2 is 2.03 bits per heavy atom. The first-order valence-corrected chi connectivity index (χ1v) is 10.9. The molecule has 1 aliphatic rings. The lowest BCUT2D eigenvalue weighted by Gasteiger charge is -2.26. The van der Waals surface area contributed by atoms with E-state index in [0.717, 1.165) is 56.4 Å². The first-order chi connectivity index (χ1) is 14.2. The minimum Gasteiger partial charge on any atom is -0.493 e. The molecule has 0 bridgehead atoms. The predicted molar refractivity (Wildman–Crippen MR) is 117 cm³/mol. The van der Waals surface area contributed by atoms with E-state index >= 15 is 0 Å². The third kappa shape index (κ3) is 6.30. The Balaban J connectivity index is 1.56. The number of aliphatic hydroxyl groups excluding tert-OH is 1.